The lowest BCUT2D eigenvalue weighted by Gasteiger charge is -2.24. The second-order valence-corrected chi connectivity index (χ2v) is 6.52. The number of thioether (sulfide) groups is 1. The molecule has 6 nitrogen and oxygen atoms in total. The number of aliphatic hydroxyl groups excluding tert-OH is 1. The number of rotatable bonds is 6. The Labute approximate surface area is 154 Å². The molecule has 2 unspecified atom stereocenters. The number of carbonyl (C=O) groups excluding carboxylic acids is 1. The molecule has 2 atom stereocenters. The van der Waals surface area contributed by atoms with Gasteiger partial charge >= 0.3 is 0 Å². The van der Waals surface area contributed by atoms with Gasteiger partial charge in [0.15, 0.2) is 11.6 Å². The maximum atomic E-state index is 14.3. The summed E-state index contributed by atoms with van der Waals surface area (Å²) in [6, 6.07) is 6.05. The van der Waals surface area contributed by atoms with E-state index in [1.165, 1.54) is 25.3 Å². The van der Waals surface area contributed by atoms with Gasteiger partial charge < -0.3 is 15.2 Å². The fourth-order valence-corrected chi connectivity index (χ4v) is 2.53. The monoisotopic (exact) mass is 373 g/mol. The van der Waals surface area contributed by atoms with E-state index in [0.29, 0.717) is 16.5 Å². The molecule has 0 bridgehead atoms. The Balaban J connectivity index is 2.30. The summed E-state index contributed by atoms with van der Waals surface area (Å²) >= 11 is 1.02. The van der Waals surface area contributed by atoms with Gasteiger partial charge in [0.05, 0.1) is 18.2 Å². The lowest BCUT2D eigenvalue weighted by atomic mass is 10.1. The smallest absolute Gasteiger partial charge is 0.273 e. The van der Waals surface area contributed by atoms with E-state index in [4.69, 9.17) is 16.4 Å². The van der Waals surface area contributed by atoms with Gasteiger partial charge in [-0.3, -0.25) is 9.78 Å². The van der Waals surface area contributed by atoms with E-state index >= 15 is 0 Å². The summed E-state index contributed by atoms with van der Waals surface area (Å²) in [6.45, 7) is 0.799. The number of nitrogens with zero attached hydrogens (tertiary/aromatic N) is 2. The summed E-state index contributed by atoms with van der Waals surface area (Å²) in [4.78, 5) is 16.4. The Morgan fingerprint density at radius 1 is 1.58 bits per heavy atom. The van der Waals surface area contributed by atoms with Crippen molar-refractivity contribution in [1.29, 1.82) is 5.26 Å². The Kier molecular flexibility index (Phi) is 6.04. The van der Waals surface area contributed by atoms with Crippen LogP contribution >= 0.6 is 11.8 Å². The predicted octanol–water partition coefficient (Wildman–Crippen LogP) is 1.81. The molecule has 0 saturated carbocycles. The van der Waals surface area contributed by atoms with Crippen molar-refractivity contribution in [2.75, 3.05) is 12.9 Å². The number of nitrogens with one attached hydrogen (secondary N) is 1. The number of benzene rings is 1. The van der Waals surface area contributed by atoms with E-state index in [1.54, 1.807) is 18.4 Å². The van der Waals surface area contributed by atoms with Crippen molar-refractivity contribution in [2.45, 2.75) is 17.9 Å². The Morgan fingerprint density at radius 3 is 2.88 bits per heavy atom. The van der Waals surface area contributed by atoms with Crippen LogP contribution < -0.4 is 10.1 Å². The molecule has 1 aromatic carbocycles. The third-order valence-electron chi connectivity index (χ3n) is 3.53. The van der Waals surface area contributed by atoms with Crippen molar-refractivity contribution in [1.82, 2.24) is 10.3 Å². The molecule has 0 aliphatic rings. The summed E-state index contributed by atoms with van der Waals surface area (Å²) in [5.41, 5.74) is -1.65. The molecule has 134 valence electrons. The van der Waals surface area contributed by atoms with Crippen molar-refractivity contribution < 1.29 is 19.0 Å². The van der Waals surface area contributed by atoms with Crippen molar-refractivity contribution in [3.8, 4) is 24.2 Å². The highest BCUT2D eigenvalue weighted by Gasteiger charge is 2.30. The van der Waals surface area contributed by atoms with Gasteiger partial charge in [-0.25, -0.2) is 4.39 Å². The second-order valence-electron chi connectivity index (χ2n) is 5.62. The van der Waals surface area contributed by atoms with Crippen LogP contribution in [0.1, 0.15) is 12.5 Å². The molecule has 1 aromatic heterocycles. The zero-order valence-corrected chi connectivity index (χ0v) is 14.9. The van der Waals surface area contributed by atoms with Gasteiger partial charge in [0.2, 0.25) is 5.44 Å². The van der Waals surface area contributed by atoms with Crippen LogP contribution in [0.5, 0.6) is 5.75 Å². The molecule has 0 saturated heterocycles. The highest BCUT2D eigenvalue weighted by molar-refractivity contribution is 7.99. The Morgan fingerprint density at radius 2 is 2.31 bits per heavy atom. The van der Waals surface area contributed by atoms with E-state index in [0.717, 1.165) is 11.8 Å². The number of pyridine rings is 1. The number of fused-ring (bicyclic) bond motifs is 1. The van der Waals surface area contributed by atoms with Crippen LogP contribution in [0.3, 0.4) is 0 Å². The minimum absolute atomic E-state index is 0.148. The number of nitriles is 1. The van der Waals surface area contributed by atoms with Gasteiger partial charge in [-0.05, 0) is 25.3 Å². The number of aliphatic hydroxyl groups is 1. The minimum Gasteiger partial charge on any atom is -0.467 e. The fourth-order valence-electron chi connectivity index (χ4n) is 2.06. The molecule has 2 N–H and O–H groups in total. The predicted molar refractivity (Wildman–Crippen MR) is 96.8 cm³/mol. The molecule has 26 heavy (non-hydrogen) atoms. The molecule has 0 radical (unpaired) electrons. The van der Waals surface area contributed by atoms with Crippen LogP contribution in [0, 0.1) is 29.5 Å². The van der Waals surface area contributed by atoms with E-state index in [1.807, 2.05) is 0 Å². The molecule has 0 aliphatic carbocycles. The van der Waals surface area contributed by atoms with E-state index in [9.17, 15) is 14.3 Å². The number of aromatic nitrogens is 1. The number of hydrogen-bond acceptors (Lipinski definition) is 6. The van der Waals surface area contributed by atoms with E-state index in [2.05, 4.69) is 16.2 Å². The molecule has 8 heteroatoms. The van der Waals surface area contributed by atoms with E-state index < -0.39 is 29.3 Å². The van der Waals surface area contributed by atoms with E-state index in [-0.39, 0.29) is 5.75 Å². The summed E-state index contributed by atoms with van der Waals surface area (Å²) in [6.07, 6.45) is 8.39. The highest BCUT2D eigenvalue weighted by Crippen LogP contribution is 2.27. The zero-order valence-electron chi connectivity index (χ0n) is 14.1. The molecular weight excluding hydrogens is 357 g/mol. The largest absolute Gasteiger partial charge is 0.467 e. The number of terminal acetylenes is 1. The molecule has 1 heterocycles. The van der Waals surface area contributed by atoms with Gasteiger partial charge in [0, 0.05) is 23.2 Å². The Hall–Kier alpha value is -2.81. The topological polar surface area (TPSA) is 95.2 Å². The summed E-state index contributed by atoms with van der Waals surface area (Å²) in [5, 5.41) is 21.2. The van der Waals surface area contributed by atoms with Crippen LogP contribution in [0.2, 0.25) is 0 Å². The maximum Gasteiger partial charge on any atom is 0.273 e. The Bertz CT molecular complexity index is 922. The maximum absolute atomic E-state index is 14.3. The number of hydrogen-bond donors (Lipinski definition) is 2. The SMILES string of the molecule is C#Cc1cnc2cc(F)c(OC(SC)C(=O)NC(C)(C#N)CO)cc2c1. The lowest BCUT2D eigenvalue weighted by molar-refractivity contribution is -0.126. The van der Waals surface area contributed by atoms with Gasteiger partial charge in [-0.1, -0.05) is 5.92 Å². The normalized spacial score (nSPS) is 13.9. The first-order valence-corrected chi connectivity index (χ1v) is 8.74. The molecule has 2 aromatic rings. The van der Waals surface area contributed by atoms with Gasteiger partial charge in [0.25, 0.3) is 5.91 Å². The van der Waals surface area contributed by atoms with Crippen molar-refractivity contribution in [2.24, 2.45) is 0 Å². The van der Waals surface area contributed by atoms with Gasteiger partial charge in [0.1, 0.15) is 5.54 Å². The molecule has 1 amide bonds. The van der Waals surface area contributed by atoms with Crippen LogP contribution in [-0.2, 0) is 4.79 Å². The van der Waals surface area contributed by atoms with Crippen LogP contribution in [-0.4, -0.2) is 39.8 Å². The molecule has 0 spiro atoms. The number of halogens is 1. The number of carbonyl (C=O) groups is 1. The van der Waals surface area contributed by atoms with Crippen molar-refractivity contribution in [3.05, 3.63) is 35.8 Å². The molecule has 2 rings (SSSR count). The minimum atomic E-state index is -1.46. The van der Waals surface area contributed by atoms with Gasteiger partial charge in [-0.15, -0.1) is 18.2 Å². The van der Waals surface area contributed by atoms with Gasteiger partial charge in [-0.2, -0.15) is 5.26 Å². The van der Waals surface area contributed by atoms with Crippen LogP contribution in [0.25, 0.3) is 10.9 Å². The first-order chi connectivity index (χ1) is 12.4. The van der Waals surface area contributed by atoms with Crippen LogP contribution in [0.15, 0.2) is 24.4 Å². The zero-order chi connectivity index (χ0) is 19.3. The standard InChI is InChI=1S/C18H16FN3O3S/c1-4-11-5-12-6-15(13(19)7-14(12)21-8-11)25-17(26-3)16(24)22-18(2,9-20)10-23/h1,5-8,17,23H,10H2,2-3H3,(H,22,24). The number of ether oxygens (including phenoxy) is 1. The highest BCUT2D eigenvalue weighted by atomic mass is 32.2. The first kappa shape index (κ1) is 19.5. The second kappa shape index (κ2) is 8.05. The average Bonchev–Trinajstić information content (AvgIpc) is 2.65. The fraction of sp³-hybridized carbons (Fsp3) is 0.278. The quantitative estimate of drug-likeness (QED) is 0.592. The van der Waals surface area contributed by atoms with Crippen molar-refractivity contribution in [3.63, 3.8) is 0 Å². The third kappa shape index (κ3) is 4.23. The summed E-state index contributed by atoms with van der Waals surface area (Å²) < 4.78 is 19.8. The number of amides is 1. The average molecular weight is 373 g/mol. The summed E-state index contributed by atoms with van der Waals surface area (Å²) in [5.74, 6) is 0.949. The molecule has 0 fully saturated rings. The first-order valence-electron chi connectivity index (χ1n) is 7.45. The molecular formula is C18H16FN3O3S. The van der Waals surface area contributed by atoms with Crippen LogP contribution in [0.4, 0.5) is 4.39 Å². The van der Waals surface area contributed by atoms with Crippen molar-refractivity contribution >= 4 is 28.6 Å². The summed E-state index contributed by atoms with van der Waals surface area (Å²) in [7, 11) is 0. The molecule has 0 aliphatic heterocycles. The lowest BCUT2D eigenvalue weighted by Crippen LogP contribution is -2.51. The third-order valence-corrected chi connectivity index (χ3v) is 4.26.